The number of likely N-dealkylation sites (tertiary alicyclic amines) is 1. The number of alkyl halides is 3. The van der Waals surface area contributed by atoms with Crippen molar-refractivity contribution in [1.82, 2.24) is 9.80 Å². The first-order valence-electron chi connectivity index (χ1n) is 8.44. The smallest absolute Gasteiger partial charge is 0.332 e. The van der Waals surface area contributed by atoms with Crippen LogP contribution in [0.1, 0.15) is 45.4 Å². The Morgan fingerprint density at radius 2 is 1.71 bits per heavy atom. The van der Waals surface area contributed by atoms with Gasteiger partial charge >= 0.3 is 6.18 Å². The third kappa shape index (κ3) is 4.27. The van der Waals surface area contributed by atoms with Gasteiger partial charge in [-0.15, -0.1) is 0 Å². The summed E-state index contributed by atoms with van der Waals surface area (Å²) in [4.78, 5) is 38.5. The molecule has 0 N–H and O–H groups in total. The summed E-state index contributed by atoms with van der Waals surface area (Å²) < 4.78 is 38.0. The van der Waals surface area contributed by atoms with Crippen LogP contribution >= 0.6 is 0 Å². The molecule has 1 saturated heterocycles. The normalized spacial score (nSPS) is 24.2. The van der Waals surface area contributed by atoms with Crippen LogP contribution in [0, 0.1) is 11.8 Å². The van der Waals surface area contributed by atoms with Crippen molar-refractivity contribution in [2.24, 2.45) is 11.8 Å². The van der Waals surface area contributed by atoms with E-state index in [1.165, 1.54) is 0 Å². The maximum Gasteiger partial charge on any atom is 0.406 e. The van der Waals surface area contributed by atoms with Crippen LogP contribution in [-0.2, 0) is 14.4 Å². The Kier molecular flexibility index (Phi) is 5.87. The summed E-state index contributed by atoms with van der Waals surface area (Å²) in [6, 6.07) is 0. The Balaban J connectivity index is 2.05. The lowest BCUT2D eigenvalue weighted by molar-refractivity contribution is -0.163. The standard InChI is InChI=1S/C16H23F3N2O3/c1-2-3-8-20(10-16(17,18)19)13(22)9-21-14(23)11-6-4-5-7-12(11)15(21)24/h11-12H,2-10H2,1H3. The van der Waals surface area contributed by atoms with Gasteiger partial charge in [0.25, 0.3) is 0 Å². The van der Waals surface area contributed by atoms with E-state index in [0.29, 0.717) is 30.6 Å². The van der Waals surface area contributed by atoms with Crippen LogP contribution in [0.4, 0.5) is 13.2 Å². The molecular weight excluding hydrogens is 325 g/mol. The molecule has 0 aromatic carbocycles. The molecule has 3 amide bonds. The van der Waals surface area contributed by atoms with Crippen molar-refractivity contribution in [3.8, 4) is 0 Å². The van der Waals surface area contributed by atoms with Crippen LogP contribution in [-0.4, -0.2) is 53.3 Å². The quantitative estimate of drug-likeness (QED) is 0.693. The van der Waals surface area contributed by atoms with Gasteiger partial charge in [-0.2, -0.15) is 13.2 Å². The summed E-state index contributed by atoms with van der Waals surface area (Å²) in [7, 11) is 0. The van der Waals surface area contributed by atoms with Crippen molar-refractivity contribution in [3.63, 3.8) is 0 Å². The summed E-state index contributed by atoms with van der Waals surface area (Å²) in [5, 5.41) is 0. The summed E-state index contributed by atoms with van der Waals surface area (Å²) in [5.74, 6) is -2.42. The van der Waals surface area contributed by atoms with E-state index in [9.17, 15) is 27.6 Å². The van der Waals surface area contributed by atoms with Crippen LogP contribution in [0.2, 0.25) is 0 Å². The molecule has 2 fully saturated rings. The maximum absolute atomic E-state index is 12.7. The molecule has 0 spiro atoms. The van der Waals surface area contributed by atoms with E-state index in [0.717, 1.165) is 17.7 Å². The molecule has 0 radical (unpaired) electrons. The first-order valence-corrected chi connectivity index (χ1v) is 8.44. The highest BCUT2D eigenvalue weighted by molar-refractivity contribution is 6.07. The molecule has 0 aromatic rings. The van der Waals surface area contributed by atoms with E-state index in [2.05, 4.69) is 0 Å². The molecule has 24 heavy (non-hydrogen) atoms. The Bertz CT molecular complexity index is 483. The highest BCUT2D eigenvalue weighted by atomic mass is 19.4. The average molecular weight is 348 g/mol. The average Bonchev–Trinajstić information content (AvgIpc) is 2.76. The summed E-state index contributed by atoms with van der Waals surface area (Å²) in [6.07, 6.45) is -0.472. The van der Waals surface area contributed by atoms with E-state index >= 15 is 0 Å². The molecule has 8 heteroatoms. The number of fused-ring (bicyclic) bond motifs is 1. The number of hydrogen-bond acceptors (Lipinski definition) is 3. The molecule has 2 atom stereocenters. The van der Waals surface area contributed by atoms with E-state index < -0.39 is 48.8 Å². The van der Waals surface area contributed by atoms with Gasteiger partial charge in [-0.1, -0.05) is 26.2 Å². The molecule has 1 aliphatic carbocycles. The Morgan fingerprint density at radius 3 is 2.17 bits per heavy atom. The Hall–Kier alpha value is -1.60. The molecule has 1 aliphatic heterocycles. The van der Waals surface area contributed by atoms with Crippen LogP contribution in [0.3, 0.4) is 0 Å². The molecule has 0 bridgehead atoms. The van der Waals surface area contributed by atoms with E-state index in [4.69, 9.17) is 0 Å². The number of rotatable bonds is 6. The third-order valence-electron chi connectivity index (χ3n) is 4.73. The lowest BCUT2D eigenvalue weighted by Crippen LogP contribution is -2.46. The fraction of sp³-hybridized carbons (Fsp3) is 0.812. The summed E-state index contributed by atoms with van der Waals surface area (Å²) in [5.41, 5.74) is 0. The lowest BCUT2D eigenvalue weighted by Gasteiger charge is -2.26. The number of carbonyl (C=O) groups is 3. The molecule has 136 valence electrons. The second kappa shape index (κ2) is 7.53. The van der Waals surface area contributed by atoms with Crippen LogP contribution < -0.4 is 0 Å². The Morgan fingerprint density at radius 1 is 1.17 bits per heavy atom. The maximum atomic E-state index is 12.7. The van der Waals surface area contributed by atoms with Gasteiger partial charge in [0, 0.05) is 6.54 Å². The van der Waals surface area contributed by atoms with Gasteiger partial charge in [0.15, 0.2) is 0 Å². The summed E-state index contributed by atoms with van der Waals surface area (Å²) in [6.45, 7) is -0.147. The molecule has 1 saturated carbocycles. The molecular formula is C16H23F3N2O3. The zero-order chi connectivity index (χ0) is 17.9. The van der Waals surface area contributed by atoms with Gasteiger partial charge in [-0.05, 0) is 19.3 Å². The van der Waals surface area contributed by atoms with Gasteiger partial charge in [0.05, 0.1) is 11.8 Å². The zero-order valence-corrected chi connectivity index (χ0v) is 13.8. The fourth-order valence-corrected chi connectivity index (χ4v) is 3.48. The number of carbonyl (C=O) groups excluding carboxylic acids is 3. The molecule has 5 nitrogen and oxygen atoms in total. The third-order valence-corrected chi connectivity index (χ3v) is 4.73. The number of amides is 3. The van der Waals surface area contributed by atoms with Crippen molar-refractivity contribution in [3.05, 3.63) is 0 Å². The first-order chi connectivity index (χ1) is 11.2. The van der Waals surface area contributed by atoms with Crippen molar-refractivity contribution in [1.29, 1.82) is 0 Å². The van der Waals surface area contributed by atoms with Crippen molar-refractivity contribution < 1.29 is 27.6 Å². The van der Waals surface area contributed by atoms with Crippen LogP contribution in [0.25, 0.3) is 0 Å². The number of imide groups is 1. The highest BCUT2D eigenvalue weighted by Crippen LogP contribution is 2.37. The SMILES string of the molecule is CCCCN(CC(F)(F)F)C(=O)CN1C(=O)C2CCCCC2C1=O. The minimum absolute atomic E-state index is 0.0298. The van der Waals surface area contributed by atoms with Gasteiger partial charge in [-0.3, -0.25) is 19.3 Å². The lowest BCUT2D eigenvalue weighted by atomic mass is 9.81. The van der Waals surface area contributed by atoms with E-state index in [-0.39, 0.29) is 6.54 Å². The summed E-state index contributed by atoms with van der Waals surface area (Å²) >= 11 is 0. The van der Waals surface area contributed by atoms with Crippen molar-refractivity contribution in [2.45, 2.75) is 51.6 Å². The van der Waals surface area contributed by atoms with Gasteiger partial charge in [0.2, 0.25) is 17.7 Å². The Labute approximate surface area is 139 Å². The predicted octanol–water partition coefficient (Wildman–Crippen LogP) is 2.35. The number of unbranched alkanes of at least 4 members (excludes halogenated alkanes) is 1. The second-order valence-corrected chi connectivity index (χ2v) is 6.54. The molecule has 2 rings (SSSR count). The number of nitrogens with zero attached hydrogens (tertiary/aromatic N) is 2. The van der Waals surface area contributed by atoms with Gasteiger partial charge in [0.1, 0.15) is 13.1 Å². The van der Waals surface area contributed by atoms with Crippen molar-refractivity contribution in [2.75, 3.05) is 19.6 Å². The number of hydrogen-bond donors (Lipinski definition) is 0. The molecule has 0 aromatic heterocycles. The van der Waals surface area contributed by atoms with E-state index in [1.54, 1.807) is 0 Å². The van der Waals surface area contributed by atoms with Gasteiger partial charge < -0.3 is 4.90 Å². The van der Waals surface area contributed by atoms with Gasteiger partial charge in [-0.25, -0.2) is 0 Å². The molecule has 2 aliphatic rings. The van der Waals surface area contributed by atoms with Crippen LogP contribution in [0.15, 0.2) is 0 Å². The highest BCUT2D eigenvalue weighted by Gasteiger charge is 2.49. The minimum Gasteiger partial charge on any atom is -0.332 e. The number of halogens is 3. The van der Waals surface area contributed by atoms with Crippen molar-refractivity contribution >= 4 is 17.7 Å². The largest absolute Gasteiger partial charge is 0.406 e. The monoisotopic (exact) mass is 348 g/mol. The second-order valence-electron chi connectivity index (χ2n) is 6.54. The fourth-order valence-electron chi connectivity index (χ4n) is 3.48. The van der Waals surface area contributed by atoms with E-state index in [1.807, 2.05) is 6.92 Å². The topological polar surface area (TPSA) is 57.7 Å². The minimum atomic E-state index is -4.50. The zero-order valence-electron chi connectivity index (χ0n) is 13.8. The predicted molar refractivity (Wildman–Crippen MR) is 79.7 cm³/mol. The first kappa shape index (κ1) is 18.7. The molecule has 2 unspecified atom stereocenters. The van der Waals surface area contributed by atoms with Crippen LogP contribution in [0.5, 0.6) is 0 Å². The molecule has 1 heterocycles.